The molecule has 0 aliphatic carbocycles. The van der Waals surface area contributed by atoms with Crippen LogP contribution in [0.2, 0.25) is 0 Å². The summed E-state index contributed by atoms with van der Waals surface area (Å²) in [6.07, 6.45) is 31.8. The second-order valence-electron chi connectivity index (χ2n) is 10.6. The van der Waals surface area contributed by atoms with Gasteiger partial charge in [0.2, 0.25) is 5.91 Å². The van der Waals surface area contributed by atoms with E-state index < -0.39 is 0 Å². The number of carbonyl (C=O) groups is 1. The molecule has 0 heterocycles. The molecule has 3 nitrogen and oxygen atoms in total. The predicted octanol–water partition coefficient (Wildman–Crippen LogP) is 9.81. The summed E-state index contributed by atoms with van der Waals surface area (Å²) >= 11 is 0. The molecule has 0 aromatic heterocycles. The Labute approximate surface area is 216 Å². The number of nitrogens with two attached hydrogens (primary N) is 1. The molecule has 0 bridgehead atoms. The molecule has 0 aromatic rings. The van der Waals surface area contributed by atoms with Crippen LogP contribution in [0.4, 0.5) is 0 Å². The molecule has 206 valence electrons. The smallest absolute Gasteiger partial charge is 0.234 e. The molecule has 0 spiro atoms. The zero-order valence-electron chi connectivity index (χ0n) is 24.5. The molecule has 0 aliphatic rings. The van der Waals surface area contributed by atoms with Gasteiger partial charge in [0.05, 0.1) is 6.04 Å². The number of nitrogens with zero attached hydrogens (tertiary/aromatic N) is 1. The molecule has 2 N–H and O–H groups in total. The molecule has 0 aromatic carbocycles. The van der Waals surface area contributed by atoms with E-state index in [2.05, 4.69) is 32.6 Å². The number of hydrogen-bond donors (Lipinski definition) is 1. The topological polar surface area (TPSA) is 46.3 Å². The highest BCUT2D eigenvalue weighted by Gasteiger charge is 2.18. The monoisotopic (exact) mass is 483 g/mol. The fourth-order valence-electron chi connectivity index (χ4n) is 4.65. The van der Waals surface area contributed by atoms with Gasteiger partial charge in [0.15, 0.2) is 0 Å². The van der Waals surface area contributed by atoms with Crippen molar-refractivity contribution in [3.05, 3.63) is 0 Å². The predicted molar refractivity (Wildman–Crippen MR) is 154 cm³/mol. The molecule has 0 saturated carbocycles. The zero-order valence-corrected chi connectivity index (χ0v) is 24.5. The van der Waals surface area contributed by atoms with Crippen molar-refractivity contribution in [1.82, 2.24) is 4.90 Å². The van der Waals surface area contributed by atoms with Gasteiger partial charge in [0.1, 0.15) is 0 Å². The van der Waals surface area contributed by atoms with Crippen molar-refractivity contribution in [3.8, 4) is 0 Å². The first-order valence-corrected chi connectivity index (χ1v) is 15.5. The number of likely N-dealkylation sites (N-methyl/N-ethyl adjacent to an activating group) is 1. The summed E-state index contributed by atoms with van der Waals surface area (Å²) in [5, 5.41) is 0. The van der Waals surface area contributed by atoms with Gasteiger partial charge in [-0.1, -0.05) is 163 Å². The van der Waals surface area contributed by atoms with E-state index in [1.54, 1.807) is 0 Å². The van der Waals surface area contributed by atoms with Crippen LogP contribution in [0.25, 0.3) is 0 Å². The molecule has 0 aliphatic heterocycles. The van der Waals surface area contributed by atoms with Crippen molar-refractivity contribution in [2.75, 3.05) is 13.6 Å². The third kappa shape index (κ3) is 27.7. The van der Waals surface area contributed by atoms with Crippen LogP contribution in [-0.2, 0) is 4.79 Å². The maximum atomic E-state index is 11.2. The molecule has 0 saturated heterocycles. The summed E-state index contributed by atoms with van der Waals surface area (Å²) in [4.78, 5) is 13.3. The lowest BCUT2D eigenvalue weighted by Gasteiger charge is -2.24. The average Bonchev–Trinajstić information content (AvgIpc) is 2.82. The van der Waals surface area contributed by atoms with Gasteiger partial charge in [-0.05, 0) is 26.4 Å². The Bertz CT molecular complexity index is 368. The molecule has 1 unspecified atom stereocenters. The summed E-state index contributed by atoms with van der Waals surface area (Å²) in [7, 11) is 1.98. The van der Waals surface area contributed by atoms with Crippen LogP contribution < -0.4 is 5.73 Å². The second kappa shape index (κ2) is 30.5. The first-order valence-electron chi connectivity index (χ1n) is 15.5. The summed E-state index contributed by atoms with van der Waals surface area (Å²) in [6.45, 7) is 9.81. The van der Waals surface area contributed by atoms with Crippen LogP contribution in [0.5, 0.6) is 0 Å². The quantitative estimate of drug-likeness (QED) is 0.132. The van der Waals surface area contributed by atoms with Gasteiger partial charge in [-0.2, -0.15) is 0 Å². The molecular weight excluding hydrogens is 416 g/mol. The van der Waals surface area contributed by atoms with E-state index in [0.29, 0.717) is 0 Å². The summed E-state index contributed by atoms with van der Waals surface area (Å²) in [5.74, 6) is -0.183. The van der Waals surface area contributed by atoms with Crippen molar-refractivity contribution >= 4 is 5.91 Å². The number of unbranched alkanes of at least 4 members (excludes halogenated alkanes) is 19. The van der Waals surface area contributed by atoms with Gasteiger partial charge < -0.3 is 5.73 Å². The summed E-state index contributed by atoms with van der Waals surface area (Å²) in [5.41, 5.74) is 5.37. The van der Waals surface area contributed by atoms with Crippen molar-refractivity contribution in [1.29, 1.82) is 0 Å². The van der Waals surface area contributed by atoms with Crippen molar-refractivity contribution < 1.29 is 4.79 Å². The molecule has 3 heteroatoms. The molecule has 1 atom stereocenters. The lowest BCUT2D eigenvalue weighted by Crippen LogP contribution is -2.42. The molecular formula is C31H66N2O. The largest absolute Gasteiger partial charge is 0.368 e. The third-order valence-corrected chi connectivity index (χ3v) is 6.98. The highest BCUT2D eigenvalue weighted by Crippen LogP contribution is 2.14. The van der Waals surface area contributed by atoms with Crippen molar-refractivity contribution in [3.63, 3.8) is 0 Å². The summed E-state index contributed by atoms with van der Waals surface area (Å²) in [6, 6.07) is -0.0681. The number of primary amides is 1. The van der Waals surface area contributed by atoms with Crippen LogP contribution in [0, 0.1) is 0 Å². The van der Waals surface area contributed by atoms with Crippen LogP contribution in [-0.4, -0.2) is 30.4 Å². The van der Waals surface area contributed by atoms with Gasteiger partial charge in [-0.15, -0.1) is 0 Å². The van der Waals surface area contributed by atoms with E-state index in [1.165, 1.54) is 128 Å². The molecule has 34 heavy (non-hydrogen) atoms. The van der Waals surface area contributed by atoms with Crippen LogP contribution in [0.3, 0.4) is 0 Å². The van der Waals surface area contributed by atoms with Gasteiger partial charge in [-0.25, -0.2) is 0 Å². The molecule has 0 fully saturated rings. The van der Waals surface area contributed by atoms with Crippen LogP contribution in [0.15, 0.2) is 0 Å². The van der Waals surface area contributed by atoms with E-state index in [9.17, 15) is 4.79 Å². The lowest BCUT2D eigenvalue weighted by atomic mass is 10.0. The van der Waals surface area contributed by atoms with E-state index >= 15 is 0 Å². The highest BCUT2D eigenvalue weighted by atomic mass is 16.1. The first-order chi connectivity index (χ1) is 16.5. The Morgan fingerprint density at radius 3 is 1.09 bits per heavy atom. The maximum Gasteiger partial charge on any atom is 0.234 e. The first kappa shape index (κ1) is 35.6. The van der Waals surface area contributed by atoms with Gasteiger partial charge in [0.25, 0.3) is 0 Å². The van der Waals surface area contributed by atoms with E-state index in [1.807, 2.05) is 7.05 Å². The Kier molecular flexibility index (Phi) is 31.9. The Morgan fingerprint density at radius 2 is 0.824 bits per heavy atom. The van der Waals surface area contributed by atoms with E-state index in [-0.39, 0.29) is 11.9 Å². The van der Waals surface area contributed by atoms with Crippen molar-refractivity contribution in [2.24, 2.45) is 5.73 Å². The number of rotatable bonds is 25. The molecule has 0 radical (unpaired) electrons. The second-order valence-corrected chi connectivity index (χ2v) is 10.6. The normalized spacial score (nSPS) is 11.9. The highest BCUT2D eigenvalue weighted by molar-refractivity contribution is 5.79. The van der Waals surface area contributed by atoms with E-state index in [4.69, 9.17) is 5.73 Å². The maximum absolute atomic E-state index is 11.2. The lowest BCUT2D eigenvalue weighted by molar-refractivity contribution is -0.123. The average molecular weight is 483 g/mol. The fraction of sp³-hybridized carbons (Fsp3) is 0.968. The van der Waals surface area contributed by atoms with Crippen molar-refractivity contribution in [2.45, 2.75) is 181 Å². The standard InChI is InChI=1S/C20H42.C11H24N2O/c1-3-5-7-9-11-13-15-17-19-20-18-16-14-12-10-8-6-4-2;1-4-6-7-8-10(11(12)14)13(3)9-5-2/h3-20H2,1-2H3;10H,4-9H2,1-3H3,(H2,12,14). The van der Waals surface area contributed by atoms with E-state index in [0.717, 1.165) is 25.8 Å². The Balaban J connectivity index is 0. The number of amides is 1. The van der Waals surface area contributed by atoms with Crippen LogP contribution >= 0.6 is 0 Å². The number of carbonyl (C=O) groups excluding carboxylic acids is 1. The summed E-state index contributed by atoms with van der Waals surface area (Å²) < 4.78 is 0. The van der Waals surface area contributed by atoms with Gasteiger partial charge in [-0.3, -0.25) is 9.69 Å². The third-order valence-electron chi connectivity index (χ3n) is 6.98. The Morgan fingerprint density at radius 1 is 0.529 bits per heavy atom. The minimum absolute atomic E-state index is 0.0681. The van der Waals surface area contributed by atoms with Gasteiger partial charge >= 0.3 is 0 Å². The minimum Gasteiger partial charge on any atom is -0.368 e. The minimum atomic E-state index is -0.183. The molecule has 1 amide bonds. The van der Waals surface area contributed by atoms with Gasteiger partial charge in [0, 0.05) is 0 Å². The Hall–Kier alpha value is -0.570. The molecule has 0 rings (SSSR count). The number of hydrogen-bond acceptors (Lipinski definition) is 2. The SMILES string of the molecule is CCCCCC(C(N)=O)N(C)CCC.CCCCCCCCCCCCCCCCCCCC. The fourth-order valence-corrected chi connectivity index (χ4v) is 4.65. The zero-order chi connectivity index (χ0) is 25.7. The van der Waals surface area contributed by atoms with Crippen LogP contribution in [0.1, 0.15) is 175 Å².